The number of nitrogens with two attached hydrogens (primary N) is 1. The van der Waals surface area contributed by atoms with E-state index in [1.165, 1.54) is 0 Å². The first kappa shape index (κ1) is 12.0. The van der Waals surface area contributed by atoms with Gasteiger partial charge in [-0.25, -0.2) is 0 Å². The average Bonchev–Trinajstić information content (AvgIpc) is 2.27. The molecule has 1 aromatic rings. The molecule has 0 bridgehead atoms. The molecule has 1 rings (SSSR count). The Morgan fingerprint density at radius 1 is 1.40 bits per heavy atom. The highest BCUT2D eigenvalue weighted by atomic mass is 35.5. The lowest BCUT2D eigenvalue weighted by molar-refractivity contribution is -0.146. The first-order chi connectivity index (χ1) is 7.24. The van der Waals surface area contributed by atoms with E-state index in [1.54, 1.807) is 0 Å². The van der Waals surface area contributed by atoms with E-state index in [2.05, 4.69) is 0 Å². The maximum Gasteiger partial charge on any atom is 0.323 e. The van der Waals surface area contributed by atoms with Crippen LogP contribution < -0.4 is 5.73 Å². The fourth-order valence-electron chi connectivity index (χ4n) is 1.07. The number of esters is 1. The molecular weight excluding hydrogens is 214 g/mol. The SMILES string of the molecule is NC(CCCl)C(=O)OCc1ccccc1. The zero-order valence-corrected chi connectivity index (χ0v) is 9.11. The molecule has 82 valence electrons. The molecule has 0 amide bonds. The van der Waals surface area contributed by atoms with Gasteiger partial charge in [0.1, 0.15) is 12.6 Å². The Labute approximate surface area is 94.2 Å². The molecule has 0 heterocycles. The predicted molar refractivity (Wildman–Crippen MR) is 59.6 cm³/mol. The second-order valence-electron chi connectivity index (χ2n) is 3.18. The van der Waals surface area contributed by atoms with Crippen LogP contribution in [0.4, 0.5) is 0 Å². The van der Waals surface area contributed by atoms with Crippen molar-refractivity contribution in [1.82, 2.24) is 0 Å². The normalized spacial score (nSPS) is 12.1. The third-order valence-corrected chi connectivity index (χ3v) is 2.16. The summed E-state index contributed by atoms with van der Waals surface area (Å²) < 4.78 is 5.02. The standard InChI is InChI=1S/C11H14ClNO2/c12-7-6-10(13)11(14)15-8-9-4-2-1-3-5-9/h1-5,10H,6-8,13H2. The van der Waals surface area contributed by atoms with E-state index in [-0.39, 0.29) is 6.61 Å². The molecule has 0 fully saturated rings. The lowest BCUT2D eigenvalue weighted by Gasteiger charge is -2.09. The van der Waals surface area contributed by atoms with Gasteiger partial charge in [-0.05, 0) is 12.0 Å². The minimum absolute atomic E-state index is 0.260. The van der Waals surface area contributed by atoms with Crippen molar-refractivity contribution in [2.24, 2.45) is 5.73 Å². The summed E-state index contributed by atoms with van der Waals surface area (Å²) in [6, 6.07) is 8.85. The molecule has 0 spiro atoms. The molecule has 4 heteroatoms. The first-order valence-electron chi connectivity index (χ1n) is 4.76. The highest BCUT2D eigenvalue weighted by Crippen LogP contribution is 2.02. The molecule has 2 N–H and O–H groups in total. The molecule has 1 aromatic carbocycles. The third-order valence-electron chi connectivity index (χ3n) is 1.95. The fourth-order valence-corrected chi connectivity index (χ4v) is 1.31. The molecule has 0 saturated heterocycles. The molecule has 0 aliphatic heterocycles. The molecule has 0 aliphatic rings. The van der Waals surface area contributed by atoms with Gasteiger partial charge in [0.15, 0.2) is 0 Å². The van der Waals surface area contributed by atoms with Gasteiger partial charge in [-0.15, -0.1) is 11.6 Å². The van der Waals surface area contributed by atoms with Crippen LogP contribution in [0.2, 0.25) is 0 Å². The monoisotopic (exact) mass is 227 g/mol. The Bertz CT molecular complexity index is 303. The van der Waals surface area contributed by atoms with E-state index in [0.29, 0.717) is 12.3 Å². The summed E-state index contributed by atoms with van der Waals surface area (Å²) >= 11 is 5.47. The van der Waals surface area contributed by atoms with E-state index in [0.717, 1.165) is 5.56 Å². The average molecular weight is 228 g/mol. The molecule has 0 aliphatic carbocycles. The van der Waals surface area contributed by atoms with E-state index in [1.807, 2.05) is 30.3 Å². The Hall–Kier alpha value is -1.06. The molecule has 15 heavy (non-hydrogen) atoms. The van der Waals surface area contributed by atoms with Crippen LogP contribution in [-0.2, 0) is 16.1 Å². The van der Waals surface area contributed by atoms with Crippen LogP contribution in [0, 0.1) is 0 Å². The summed E-state index contributed by atoms with van der Waals surface area (Å²) in [5.41, 5.74) is 6.48. The highest BCUT2D eigenvalue weighted by Gasteiger charge is 2.13. The molecule has 1 unspecified atom stereocenters. The Balaban J connectivity index is 2.34. The van der Waals surface area contributed by atoms with Crippen LogP contribution in [0.25, 0.3) is 0 Å². The Morgan fingerprint density at radius 3 is 2.67 bits per heavy atom. The zero-order chi connectivity index (χ0) is 11.1. The number of alkyl halides is 1. The number of carbonyl (C=O) groups excluding carboxylic acids is 1. The van der Waals surface area contributed by atoms with E-state index in [9.17, 15) is 4.79 Å². The fraction of sp³-hybridized carbons (Fsp3) is 0.364. The van der Waals surface area contributed by atoms with Gasteiger partial charge in [-0.1, -0.05) is 30.3 Å². The quantitative estimate of drug-likeness (QED) is 0.615. The van der Waals surface area contributed by atoms with Crippen LogP contribution in [0.1, 0.15) is 12.0 Å². The molecule has 3 nitrogen and oxygen atoms in total. The minimum atomic E-state index is -0.619. The summed E-state index contributed by atoms with van der Waals surface area (Å²) in [4.78, 5) is 11.3. The van der Waals surface area contributed by atoms with Gasteiger partial charge < -0.3 is 10.5 Å². The van der Waals surface area contributed by atoms with Crippen LogP contribution >= 0.6 is 11.6 Å². The van der Waals surface area contributed by atoms with Crippen LogP contribution in [0.5, 0.6) is 0 Å². The van der Waals surface area contributed by atoms with Gasteiger partial charge in [0.25, 0.3) is 0 Å². The lowest BCUT2D eigenvalue weighted by Crippen LogP contribution is -2.32. The summed E-state index contributed by atoms with van der Waals surface area (Å²) in [7, 11) is 0. The number of halogens is 1. The van der Waals surface area contributed by atoms with E-state index in [4.69, 9.17) is 22.1 Å². The van der Waals surface area contributed by atoms with Gasteiger partial charge in [-0.3, -0.25) is 4.79 Å². The molecular formula is C11H14ClNO2. The van der Waals surface area contributed by atoms with Crippen molar-refractivity contribution < 1.29 is 9.53 Å². The maximum absolute atomic E-state index is 11.3. The van der Waals surface area contributed by atoms with Gasteiger partial charge >= 0.3 is 5.97 Å². The number of hydrogen-bond donors (Lipinski definition) is 1. The number of hydrogen-bond acceptors (Lipinski definition) is 3. The second kappa shape index (κ2) is 6.43. The number of ether oxygens (including phenoxy) is 1. The van der Waals surface area contributed by atoms with Crippen molar-refractivity contribution in [3.05, 3.63) is 35.9 Å². The van der Waals surface area contributed by atoms with Gasteiger partial charge in [0.05, 0.1) is 0 Å². The summed E-state index contributed by atoms with van der Waals surface area (Å²) in [5, 5.41) is 0. The van der Waals surface area contributed by atoms with E-state index >= 15 is 0 Å². The Kier molecular flexibility index (Phi) is 5.15. The maximum atomic E-state index is 11.3. The number of benzene rings is 1. The van der Waals surface area contributed by atoms with Crippen molar-refractivity contribution in [2.45, 2.75) is 19.1 Å². The van der Waals surface area contributed by atoms with Gasteiger partial charge in [0, 0.05) is 5.88 Å². The largest absolute Gasteiger partial charge is 0.460 e. The zero-order valence-electron chi connectivity index (χ0n) is 8.36. The second-order valence-corrected chi connectivity index (χ2v) is 3.56. The van der Waals surface area contributed by atoms with Crippen molar-refractivity contribution in [3.63, 3.8) is 0 Å². The first-order valence-corrected chi connectivity index (χ1v) is 5.29. The van der Waals surface area contributed by atoms with Crippen LogP contribution in [0.15, 0.2) is 30.3 Å². The van der Waals surface area contributed by atoms with Crippen LogP contribution in [-0.4, -0.2) is 17.9 Å². The molecule has 1 atom stereocenters. The lowest BCUT2D eigenvalue weighted by atomic mass is 10.2. The van der Waals surface area contributed by atoms with Crippen molar-refractivity contribution in [3.8, 4) is 0 Å². The van der Waals surface area contributed by atoms with Gasteiger partial charge in [-0.2, -0.15) is 0 Å². The smallest absolute Gasteiger partial charge is 0.323 e. The topological polar surface area (TPSA) is 52.3 Å². The predicted octanol–water partition coefficient (Wildman–Crippen LogP) is 1.69. The number of carbonyl (C=O) groups is 1. The van der Waals surface area contributed by atoms with Gasteiger partial charge in [0.2, 0.25) is 0 Å². The highest BCUT2D eigenvalue weighted by molar-refractivity contribution is 6.18. The summed E-state index contributed by atoms with van der Waals surface area (Å²) in [6.07, 6.45) is 0.440. The number of rotatable bonds is 5. The molecule has 0 aromatic heterocycles. The third kappa shape index (κ3) is 4.32. The van der Waals surface area contributed by atoms with Crippen molar-refractivity contribution in [1.29, 1.82) is 0 Å². The molecule has 0 saturated carbocycles. The summed E-state index contributed by atoms with van der Waals surface area (Å²) in [5.74, 6) is -0.0405. The van der Waals surface area contributed by atoms with Crippen molar-refractivity contribution >= 4 is 17.6 Å². The van der Waals surface area contributed by atoms with Crippen LogP contribution in [0.3, 0.4) is 0 Å². The van der Waals surface area contributed by atoms with Crippen molar-refractivity contribution in [2.75, 3.05) is 5.88 Å². The Morgan fingerprint density at radius 2 is 2.07 bits per heavy atom. The minimum Gasteiger partial charge on any atom is -0.460 e. The molecule has 0 radical (unpaired) electrons. The van der Waals surface area contributed by atoms with E-state index < -0.39 is 12.0 Å². The summed E-state index contributed by atoms with van der Waals surface area (Å²) in [6.45, 7) is 0.260.